The number of rotatable bonds is 4. The molecular weight excluding hydrogens is 320 g/mol. The van der Waals surface area contributed by atoms with Crippen molar-refractivity contribution in [3.8, 4) is 22.2 Å². The van der Waals surface area contributed by atoms with Gasteiger partial charge in [0.2, 0.25) is 5.06 Å². The molecule has 0 bridgehead atoms. The first-order valence-corrected chi connectivity index (χ1v) is 7.77. The molecule has 0 aliphatic carbocycles. The van der Waals surface area contributed by atoms with E-state index in [9.17, 15) is 0 Å². The smallest absolute Gasteiger partial charge is 0.212 e. The van der Waals surface area contributed by atoms with Crippen LogP contribution in [0.5, 0.6) is 10.8 Å². The van der Waals surface area contributed by atoms with Gasteiger partial charge in [-0.15, -0.1) is 0 Å². The molecule has 3 aromatic rings. The summed E-state index contributed by atoms with van der Waals surface area (Å²) in [4.78, 5) is 13.0. The number of nitrogens with one attached hydrogen (secondary N) is 1. The largest absolute Gasteiger partial charge is 0.444 e. The Kier molecular flexibility index (Phi) is 4.22. The van der Waals surface area contributed by atoms with Crippen molar-refractivity contribution in [2.75, 3.05) is 12.4 Å². The van der Waals surface area contributed by atoms with Gasteiger partial charge in [0, 0.05) is 25.0 Å². The molecule has 22 heavy (non-hydrogen) atoms. The van der Waals surface area contributed by atoms with Crippen molar-refractivity contribution in [3.63, 3.8) is 0 Å². The maximum absolute atomic E-state index is 5.92. The number of halogens is 1. The number of aryl methyl sites for hydroxylation is 1. The summed E-state index contributed by atoms with van der Waals surface area (Å²) in [6.07, 6.45) is 1.60. The third-order valence-electron chi connectivity index (χ3n) is 2.85. The number of pyridine rings is 2. The Balaban J connectivity index is 2.02. The van der Waals surface area contributed by atoms with E-state index in [2.05, 4.69) is 20.3 Å². The Labute approximate surface area is 137 Å². The van der Waals surface area contributed by atoms with Crippen molar-refractivity contribution in [2.24, 2.45) is 0 Å². The highest BCUT2D eigenvalue weighted by atomic mass is 35.5. The minimum atomic E-state index is 0.381. The summed E-state index contributed by atoms with van der Waals surface area (Å²) in [7, 11) is 1.82. The number of thiazole rings is 1. The fraction of sp³-hybridized carbons (Fsp3) is 0.133. The highest BCUT2D eigenvalue weighted by Gasteiger charge is 2.16. The van der Waals surface area contributed by atoms with Crippen LogP contribution in [-0.4, -0.2) is 22.0 Å². The normalized spacial score (nSPS) is 10.5. The number of hydrogen-bond acceptors (Lipinski definition) is 6. The Morgan fingerprint density at radius 2 is 2.09 bits per heavy atom. The first-order valence-electron chi connectivity index (χ1n) is 6.58. The first kappa shape index (κ1) is 14.7. The topological polar surface area (TPSA) is 59.9 Å². The van der Waals surface area contributed by atoms with E-state index in [1.807, 2.05) is 32.2 Å². The van der Waals surface area contributed by atoms with Crippen LogP contribution in [0, 0.1) is 6.92 Å². The molecule has 5 nitrogen and oxygen atoms in total. The van der Waals surface area contributed by atoms with Crippen LogP contribution in [0.2, 0.25) is 5.15 Å². The Morgan fingerprint density at radius 3 is 2.82 bits per heavy atom. The van der Waals surface area contributed by atoms with Crippen LogP contribution in [0.3, 0.4) is 0 Å². The molecule has 0 aliphatic heterocycles. The molecule has 0 spiro atoms. The second-order valence-corrected chi connectivity index (χ2v) is 5.83. The van der Waals surface area contributed by atoms with Crippen molar-refractivity contribution < 1.29 is 4.74 Å². The van der Waals surface area contributed by atoms with Gasteiger partial charge < -0.3 is 10.1 Å². The van der Waals surface area contributed by atoms with Gasteiger partial charge >= 0.3 is 0 Å². The maximum atomic E-state index is 5.92. The molecule has 7 heteroatoms. The van der Waals surface area contributed by atoms with Gasteiger partial charge in [0.25, 0.3) is 0 Å². The van der Waals surface area contributed by atoms with E-state index in [0.29, 0.717) is 21.7 Å². The van der Waals surface area contributed by atoms with Crippen LogP contribution >= 0.6 is 22.9 Å². The molecule has 0 fully saturated rings. The maximum Gasteiger partial charge on any atom is 0.212 e. The van der Waals surface area contributed by atoms with Crippen molar-refractivity contribution in [1.82, 2.24) is 15.0 Å². The average molecular weight is 333 g/mol. The quantitative estimate of drug-likeness (QED) is 0.718. The third-order valence-corrected chi connectivity index (χ3v) is 4.01. The zero-order chi connectivity index (χ0) is 15.5. The zero-order valence-electron chi connectivity index (χ0n) is 12.0. The second-order valence-electron chi connectivity index (χ2n) is 4.49. The number of anilines is 1. The summed E-state index contributed by atoms with van der Waals surface area (Å²) in [5.41, 5.74) is 2.40. The van der Waals surface area contributed by atoms with Gasteiger partial charge in [0.05, 0.1) is 5.69 Å². The second kappa shape index (κ2) is 6.29. The van der Waals surface area contributed by atoms with E-state index in [1.54, 1.807) is 18.3 Å². The monoisotopic (exact) mass is 332 g/mol. The number of nitrogens with zero attached hydrogens (tertiary/aromatic N) is 3. The fourth-order valence-electron chi connectivity index (χ4n) is 1.87. The van der Waals surface area contributed by atoms with Gasteiger partial charge in [0.1, 0.15) is 16.6 Å². The highest BCUT2D eigenvalue weighted by Crippen LogP contribution is 2.39. The Morgan fingerprint density at radius 1 is 1.23 bits per heavy atom. The molecule has 0 amide bonds. The van der Waals surface area contributed by atoms with Crippen molar-refractivity contribution in [2.45, 2.75) is 6.92 Å². The minimum Gasteiger partial charge on any atom is -0.444 e. The van der Waals surface area contributed by atoms with Gasteiger partial charge in [-0.05, 0) is 25.1 Å². The van der Waals surface area contributed by atoms with Crippen LogP contribution in [0.1, 0.15) is 5.69 Å². The SMILES string of the molecule is CNc1nc(-c2cccc(C)n2)c(Oc2ccnc(Cl)c2)s1. The van der Waals surface area contributed by atoms with Crippen molar-refractivity contribution in [3.05, 3.63) is 47.4 Å². The average Bonchev–Trinajstić information content (AvgIpc) is 2.90. The molecule has 0 aromatic carbocycles. The van der Waals surface area contributed by atoms with E-state index >= 15 is 0 Å². The lowest BCUT2D eigenvalue weighted by atomic mass is 10.2. The van der Waals surface area contributed by atoms with Gasteiger partial charge in [0.15, 0.2) is 5.13 Å². The van der Waals surface area contributed by atoms with Crippen LogP contribution in [-0.2, 0) is 0 Å². The van der Waals surface area contributed by atoms with Gasteiger partial charge in [-0.1, -0.05) is 29.0 Å². The first-order chi connectivity index (χ1) is 10.7. The molecule has 112 valence electrons. The summed E-state index contributed by atoms with van der Waals surface area (Å²) < 4.78 is 5.92. The summed E-state index contributed by atoms with van der Waals surface area (Å²) in [6.45, 7) is 1.94. The van der Waals surface area contributed by atoms with Gasteiger partial charge in [-0.2, -0.15) is 0 Å². The lowest BCUT2D eigenvalue weighted by Gasteiger charge is -2.05. The predicted octanol–water partition coefficient (Wildman–Crippen LogP) is 4.40. The lowest BCUT2D eigenvalue weighted by molar-refractivity contribution is 0.496. The Bertz CT molecular complexity index is 806. The Hall–Kier alpha value is -2.18. The van der Waals surface area contributed by atoms with Crippen molar-refractivity contribution >= 4 is 28.1 Å². The van der Waals surface area contributed by atoms with Crippen molar-refractivity contribution in [1.29, 1.82) is 0 Å². The molecule has 0 radical (unpaired) electrons. The van der Waals surface area contributed by atoms with Crippen LogP contribution in [0.4, 0.5) is 5.13 Å². The summed E-state index contributed by atoms with van der Waals surface area (Å²) in [5.74, 6) is 0.611. The molecule has 3 aromatic heterocycles. The standard InChI is InChI=1S/C15H13ClN4OS/c1-9-4-3-5-11(19-9)13-14(22-15(17-2)20-13)21-10-6-7-18-12(16)8-10/h3-8H,1-2H3,(H,17,20). The molecule has 3 rings (SSSR count). The van der Waals surface area contributed by atoms with Crippen LogP contribution in [0.15, 0.2) is 36.5 Å². The van der Waals surface area contributed by atoms with E-state index in [4.69, 9.17) is 16.3 Å². The molecule has 1 N–H and O–H groups in total. The van der Waals surface area contributed by atoms with E-state index < -0.39 is 0 Å². The number of aromatic nitrogens is 3. The molecule has 0 aliphatic rings. The third kappa shape index (κ3) is 3.18. The highest BCUT2D eigenvalue weighted by molar-refractivity contribution is 7.17. The van der Waals surface area contributed by atoms with Crippen LogP contribution < -0.4 is 10.1 Å². The molecule has 0 atom stereocenters. The fourth-order valence-corrected chi connectivity index (χ4v) is 2.84. The summed E-state index contributed by atoms with van der Waals surface area (Å²) >= 11 is 7.31. The minimum absolute atomic E-state index is 0.381. The molecule has 0 saturated heterocycles. The van der Waals surface area contributed by atoms with Gasteiger partial charge in [-0.3, -0.25) is 4.98 Å². The zero-order valence-corrected chi connectivity index (χ0v) is 13.6. The summed E-state index contributed by atoms with van der Waals surface area (Å²) in [5, 5.41) is 4.83. The molecule has 0 saturated carbocycles. The summed E-state index contributed by atoms with van der Waals surface area (Å²) in [6, 6.07) is 9.21. The lowest BCUT2D eigenvalue weighted by Crippen LogP contribution is -1.91. The van der Waals surface area contributed by atoms with E-state index in [-0.39, 0.29) is 0 Å². The molecule has 3 heterocycles. The molecule has 0 unspecified atom stereocenters. The van der Waals surface area contributed by atoms with E-state index in [0.717, 1.165) is 16.5 Å². The van der Waals surface area contributed by atoms with Crippen LogP contribution in [0.25, 0.3) is 11.4 Å². The van der Waals surface area contributed by atoms with E-state index in [1.165, 1.54) is 11.3 Å². The molecular formula is C15H13ClN4OS. The predicted molar refractivity (Wildman–Crippen MR) is 88.9 cm³/mol. The number of hydrogen-bond donors (Lipinski definition) is 1. The van der Waals surface area contributed by atoms with Gasteiger partial charge in [-0.25, -0.2) is 9.97 Å². The number of ether oxygens (including phenoxy) is 1.